The van der Waals surface area contributed by atoms with Crippen molar-refractivity contribution in [2.75, 3.05) is 11.9 Å². The SMILES string of the molecule is Cc1cc(C)cc(NC(=O)C(=O)NCC2(O)CCc3ccccc3C2)c1. The fraction of sp³-hybridized carbons (Fsp3) is 0.333. The Kier molecular flexibility index (Phi) is 5.09. The molecule has 26 heavy (non-hydrogen) atoms. The van der Waals surface area contributed by atoms with E-state index in [2.05, 4.69) is 16.7 Å². The number of aryl methyl sites for hydroxylation is 3. The van der Waals surface area contributed by atoms with Crippen LogP contribution >= 0.6 is 0 Å². The van der Waals surface area contributed by atoms with E-state index in [0.29, 0.717) is 18.5 Å². The molecule has 1 atom stereocenters. The van der Waals surface area contributed by atoms with Gasteiger partial charge in [-0.25, -0.2) is 0 Å². The molecule has 1 aliphatic rings. The maximum absolute atomic E-state index is 12.1. The molecule has 0 aliphatic heterocycles. The van der Waals surface area contributed by atoms with Gasteiger partial charge >= 0.3 is 11.8 Å². The Bertz CT molecular complexity index is 827. The summed E-state index contributed by atoms with van der Waals surface area (Å²) in [6.07, 6.45) is 1.79. The number of aliphatic hydroxyl groups is 1. The van der Waals surface area contributed by atoms with Gasteiger partial charge in [0.1, 0.15) is 0 Å². The second kappa shape index (κ2) is 7.30. The van der Waals surface area contributed by atoms with E-state index in [9.17, 15) is 14.7 Å². The van der Waals surface area contributed by atoms with Crippen molar-refractivity contribution in [1.82, 2.24) is 5.32 Å². The quantitative estimate of drug-likeness (QED) is 0.742. The van der Waals surface area contributed by atoms with Crippen LogP contribution in [0.3, 0.4) is 0 Å². The standard InChI is InChI=1S/C21H24N2O3/c1-14-9-15(2)11-18(10-14)23-20(25)19(24)22-13-21(26)8-7-16-5-3-4-6-17(16)12-21/h3-6,9-11,26H,7-8,12-13H2,1-2H3,(H,22,24)(H,23,25). The lowest BCUT2D eigenvalue weighted by molar-refractivity contribution is -0.136. The van der Waals surface area contributed by atoms with Gasteiger partial charge in [-0.15, -0.1) is 0 Å². The third kappa shape index (κ3) is 4.29. The largest absolute Gasteiger partial charge is 0.388 e. The first-order chi connectivity index (χ1) is 12.3. The molecule has 5 nitrogen and oxygen atoms in total. The molecule has 3 N–H and O–H groups in total. The fourth-order valence-electron chi connectivity index (χ4n) is 3.49. The highest BCUT2D eigenvalue weighted by molar-refractivity contribution is 6.39. The van der Waals surface area contributed by atoms with Crippen LogP contribution in [-0.4, -0.2) is 29.1 Å². The van der Waals surface area contributed by atoms with E-state index >= 15 is 0 Å². The Morgan fingerprint density at radius 3 is 2.38 bits per heavy atom. The minimum atomic E-state index is -1.02. The van der Waals surface area contributed by atoms with Gasteiger partial charge in [0, 0.05) is 18.7 Å². The summed E-state index contributed by atoms with van der Waals surface area (Å²) < 4.78 is 0. The Morgan fingerprint density at radius 1 is 1.04 bits per heavy atom. The van der Waals surface area contributed by atoms with E-state index in [0.717, 1.165) is 23.1 Å². The minimum Gasteiger partial charge on any atom is -0.388 e. The van der Waals surface area contributed by atoms with Gasteiger partial charge in [-0.2, -0.15) is 0 Å². The molecule has 1 unspecified atom stereocenters. The predicted octanol–water partition coefficient (Wildman–Crippen LogP) is 2.28. The van der Waals surface area contributed by atoms with Crippen LogP contribution in [0.2, 0.25) is 0 Å². The molecular formula is C21H24N2O3. The Balaban J connectivity index is 1.57. The van der Waals surface area contributed by atoms with E-state index < -0.39 is 17.4 Å². The van der Waals surface area contributed by atoms with Gasteiger partial charge in [0.05, 0.1) is 5.60 Å². The van der Waals surface area contributed by atoms with E-state index in [4.69, 9.17) is 0 Å². The Hall–Kier alpha value is -2.66. The molecular weight excluding hydrogens is 328 g/mol. The summed E-state index contributed by atoms with van der Waals surface area (Å²) in [5.41, 5.74) is 3.91. The Labute approximate surface area is 153 Å². The van der Waals surface area contributed by atoms with Crippen molar-refractivity contribution in [2.24, 2.45) is 0 Å². The first-order valence-electron chi connectivity index (χ1n) is 8.81. The summed E-state index contributed by atoms with van der Waals surface area (Å²) in [6, 6.07) is 13.6. The molecule has 0 bridgehead atoms. The molecule has 2 aromatic rings. The predicted molar refractivity (Wildman–Crippen MR) is 101 cm³/mol. The summed E-state index contributed by atoms with van der Waals surface area (Å²) in [6.45, 7) is 3.92. The van der Waals surface area contributed by atoms with E-state index in [1.807, 2.05) is 50.2 Å². The van der Waals surface area contributed by atoms with Crippen LogP contribution in [0.5, 0.6) is 0 Å². The lowest BCUT2D eigenvalue weighted by Gasteiger charge is -2.33. The Morgan fingerprint density at radius 2 is 1.69 bits per heavy atom. The summed E-state index contributed by atoms with van der Waals surface area (Å²) in [4.78, 5) is 24.2. The maximum atomic E-state index is 12.1. The maximum Gasteiger partial charge on any atom is 0.313 e. The number of carbonyl (C=O) groups excluding carboxylic acids is 2. The summed E-state index contributed by atoms with van der Waals surface area (Å²) in [7, 11) is 0. The topological polar surface area (TPSA) is 78.4 Å². The van der Waals surface area contributed by atoms with Gasteiger partial charge in [-0.3, -0.25) is 9.59 Å². The molecule has 1 aliphatic carbocycles. The summed E-state index contributed by atoms with van der Waals surface area (Å²) in [5.74, 6) is -1.47. The molecule has 0 saturated carbocycles. The van der Waals surface area contributed by atoms with Gasteiger partial charge in [0.2, 0.25) is 0 Å². The van der Waals surface area contributed by atoms with Crippen molar-refractivity contribution in [3.05, 3.63) is 64.7 Å². The van der Waals surface area contributed by atoms with Gasteiger partial charge in [0.25, 0.3) is 0 Å². The van der Waals surface area contributed by atoms with Crippen LogP contribution in [0.15, 0.2) is 42.5 Å². The van der Waals surface area contributed by atoms with Crippen LogP contribution in [0.4, 0.5) is 5.69 Å². The van der Waals surface area contributed by atoms with Crippen LogP contribution in [-0.2, 0) is 22.4 Å². The number of hydrogen-bond acceptors (Lipinski definition) is 3. The molecule has 136 valence electrons. The third-order valence-corrected chi connectivity index (χ3v) is 4.76. The molecule has 0 radical (unpaired) electrons. The molecule has 3 rings (SSSR count). The fourth-order valence-corrected chi connectivity index (χ4v) is 3.49. The average molecular weight is 352 g/mol. The molecule has 5 heteroatoms. The molecule has 0 saturated heterocycles. The lowest BCUT2D eigenvalue weighted by Crippen LogP contribution is -2.49. The van der Waals surface area contributed by atoms with Crippen molar-refractivity contribution in [3.63, 3.8) is 0 Å². The van der Waals surface area contributed by atoms with Gasteiger partial charge in [-0.1, -0.05) is 30.3 Å². The summed E-state index contributed by atoms with van der Waals surface area (Å²) >= 11 is 0. The number of anilines is 1. The monoisotopic (exact) mass is 352 g/mol. The van der Waals surface area contributed by atoms with Crippen LogP contribution < -0.4 is 10.6 Å². The molecule has 2 aromatic carbocycles. The lowest BCUT2D eigenvalue weighted by atomic mass is 9.80. The molecule has 0 fully saturated rings. The van der Waals surface area contributed by atoms with Crippen LogP contribution in [0, 0.1) is 13.8 Å². The van der Waals surface area contributed by atoms with Gasteiger partial charge < -0.3 is 15.7 Å². The number of hydrogen-bond donors (Lipinski definition) is 3. The van der Waals surface area contributed by atoms with Gasteiger partial charge in [-0.05, 0) is 61.1 Å². The highest BCUT2D eigenvalue weighted by Crippen LogP contribution is 2.28. The van der Waals surface area contributed by atoms with Crippen LogP contribution in [0.25, 0.3) is 0 Å². The number of benzene rings is 2. The molecule has 0 aromatic heterocycles. The average Bonchev–Trinajstić information content (AvgIpc) is 2.58. The smallest absolute Gasteiger partial charge is 0.313 e. The van der Waals surface area contributed by atoms with Crippen molar-refractivity contribution in [2.45, 2.75) is 38.7 Å². The van der Waals surface area contributed by atoms with Crippen molar-refractivity contribution in [3.8, 4) is 0 Å². The molecule has 0 spiro atoms. The third-order valence-electron chi connectivity index (χ3n) is 4.76. The zero-order valence-electron chi connectivity index (χ0n) is 15.1. The minimum absolute atomic E-state index is 0.0560. The normalized spacial score (nSPS) is 18.7. The first-order valence-corrected chi connectivity index (χ1v) is 8.81. The number of carbonyl (C=O) groups is 2. The van der Waals surface area contributed by atoms with Gasteiger partial charge in [0.15, 0.2) is 0 Å². The highest BCUT2D eigenvalue weighted by atomic mass is 16.3. The zero-order valence-corrected chi connectivity index (χ0v) is 15.1. The molecule has 0 heterocycles. The van der Waals surface area contributed by atoms with E-state index in [-0.39, 0.29) is 6.54 Å². The van der Waals surface area contributed by atoms with Crippen molar-refractivity contribution in [1.29, 1.82) is 0 Å². The number of nitrogens with one attached hydrogen (secondary N) is 2. The zero-order chi connectivity index (χ0) is 18.7. The second-order valence-corrected chi connectivity index (χ2v) is 7.18. The number of amides is 2. The summed E-state index contributed by atoms with van der Waals surface area (Å²) in [5, 5.41) is 15.9. The van der Waals surface area contributed by atoms with E-state index in [1.54, 1.807) is 0 Å². The first kappa shape index (κ1) is 18.1. The molecule has 2 amide bonds. The number of fused-ring (bicyclic) bond motifs is 1. The van der Waals surface area contributed by atoms with Crippen LogP contribution in [0.1, 0.15) is 28.7 Å². The second-order valence-electron chi connectivity index (χ2n) is 7.18. The highest BCUT2D eigenvalue weighted by Gasteiger charge is 2.32. The van der Waals surface area contributed by atoms with Crippen molar-refractivity contribution >= 4 is 17.5 Å². The van der Waals surface area contributed by atoms with E-state index in [1.165, 1.54) is 5.56 Å². The number of rotatable bonds is 3. The van der Waals surface area contributed by atoms with Crippen molar-refractivity contribution < 1.29 is 14.7 Å².